The van der Waals surface area contributed by atoms with Gasteiger partial charge in [0.2, 0.25) is 5.54 Å². The van der Waals surface area contributed by atoms with Gasteiger partial charge in [-0.15, -0.1) is 11.8 Å². The minimum Gasteiger partial charge on any atom is -0.481 e. The number of carboxylic acid groups (broad SMARTS) is 2. The Bertz CT molecular complexity index is 3390. The van der Waals surface area contributed by atoms with Crippen molar-refractivity contribution >= 4 is 115 Å². The van der Waals surface area contributed by atoms with Crippen molar-refractivity contribution in [1.29, 1.82) is 0 Å². The van der Waals surface area contributed by atoms with E-state index in [-0.39, 0.29) is 136 Å². The average molecular weight is 2020 g/mol. The number of esters is 5. The molecule has 0 spiro atoms. The fourth-order valence-electron chi connectivity index (χ4n) is 13.5. The van der Waals surface area contributed by atoms with E-state index < -0.39 is 84.9 Å². The Kier molecular flexibility index (Phi) is 75.3. The molecule has 6 atom stereocenters. The smallest absolute Gasteiger partial charge is 0.407 e. The maximum Gasteiger partial charge on any atom is 0.407 e. The van der Waals surface area contributed by atoms with Crippen molar-refractivity contribution in [3.05, 3.63) is 35.8 Å². The van der Waals surface area contributed by atoms with Gasteiger partial charge < -0.3 is 125 Å². The van der Waals surface area contributed by atoms with Crippen molar-refractivity contribution in [2.24, 2.45) is 27.1 Å². The van der Waals surface area contributed by atoms with Gasteiger partial charge >= 0.3 is 47.9 Å². The number of thiocarbonyl (C=S) groups is 1. The summed E-state index contributed by atoms with van der Waals surface area (Å²) in [6.07, 6.45) is 4.60. The highest BCUT2D eigenvalue weighted by Crippen LogP contribution is 2.51. The Morgan fingerprint density at radius 2 is 0.881 bits per heavy atom. The summed E-state index contributed by atoms with van der Waals surface area (Å²) < 4.78 is 115. The number of methoxy groups -OCH3 is 1. The summed E-state index contributed by atoms with van der Waals surface area (Å²) in [4.78, 5) is 128. The Hall–Kier alpha value is -5.28. The average Bonchev–Trinajstić information content (AvgIpc) is 0.777. The molecule has 1 aromatic rings. The van der Waals surface area contributed by atoms with E-state index in [2.05, 4.69) is 15.1 Å². The largest absolute Gasteiger partial charge is 0.481 e. The number of nitrogens with one attached hydrogen (secondary N) is 1. The number of carboxylic acids is 2. The van der Waals surface area contributed by atoms with Crippen LogP contribution >= 0.6 is 57.3 Å². The van der Waals surface area contributed by atoms with Gasteiger partial charge in [0.1, 0.15) is 51.1 Å². The van der Waals surface area contributed by atoms with Crippen molar-refractivity contribution in [3.63, 3.8) is 0 Å². The number of hydrogen-bond donors (Lipinski definition) is 3. The third kappa shape index (κ3) is 66.2. The standard InChI is InChI=1S/C68H117N3O26S2.C26H47NO6S3/c1-64(2,3)97-63(78)71-20-23-82-49-51-95-61(76)66(6,54-65(4,5)60(75)94-50-24-79-10)55-67(7,62(77)96-52-53-98-99-58-15-11-12-19-70-58)56-68(8,69-9)18-16-57(72)14-13-21-80-25-27-83-29-31-85-33-35-87-37-39-89-41-43-91-45-47-93-48-46-92-44-42-90-40-38-88-36-34-86-32-30-84-28-26-81-22-17-59(73)74;1-9-13-16-32-22(31)25(6,18-24(5,11-3)21(30)33-17-15-27(7)8)19-26(14-10-2,20(28)29)36-23(34)35-12-4/h11-12,15,19H,13-14,16-18,20-56H2,1-8,10H3,(H,71,78)(H,73,74);9-19H2,1-8H3,(H,28,29). The Morgan fingerprint density at radius 3 is 1.31 bits per heavy atom. The molecule has 1 amide bonds. The number of thioether (sulfide) groups is 2. The number of rotatable bonds is 87. The van der Waals surface area contributed by atoms with Crippen molar-refractivity contribution in [1.82, 2.24) is 15.2 Å². The molecule has 1 heterocycles. The van der Waals surface area contributed by atoms with Crippen LogP contribution in [0.25, 0.3) is 4.85 Å². The van der Waals surface area contributed by atoms with Gasteiger partial charge in [-0.25, -0.2) is 16.4 Å². The number of carbonyl (C=O) groups is 9. The van der Waals surface area contributed by atoms with Crippen LogP contribution in [0.2, 0.25) is 0 Å². The van der Waals surface area contributed by atoms with E-state index in [0.29, 0.717) is 213 Å². The molecule has 0 aliphatic heterocycles. The fraction of sp³-hybridized carbons (Fsp3) is 0.830. The number of pyridine rings is 1. The molecule has 0 fully saturated rings. The van der Waals surface area contributed by atoms with Crippen LogP contribution in [-0.4, -0.2) is 364 Å². The van der Waals surface area contributed by atoms with Gasteiger partial charge in [-0.2, -0.15) is 0 Å². The second-order valence-electron chi connectivity index (χ2n) is 35.0. The van der Waals surface area contributed by atoms with Gasteiger partial charge in [-0.1, -0.05) is 81.4 Å². The molecule has 0 saturated carbocycles. The maximum atomic E-state index is 14.6. The lowest BCUT2D eigenvalue weighted by Crippen LogP contribution is -2.48. The quantitative estimate of drug-likeness (QED) is 0.0136. The summed E-state index contributed by atoms with van der Waals surface area (Å²) >= 11 is 8.06. The lowest BCUT2D eigenvalue weighted by Gasteiger charge is -2.41. The Labute approximate surface area is 825 Å². The number of hydrogen-bond acceptors (Lipinski definition) is 37. The SMILES string of the molecule is CCCCOC(=O)C(C)(CC(C)(CC)C(=O)OCCN(C)C)CC(CCC)(SC(=S)SCC)C(=O)O.[C-]#[N+]C(C)(CCC(=O)CCCOCCOCCOCCOCCOCCOCCOCCOCCOCCOCCOCCOCCOCCC(=O)O)CC(C)(CC(C)(CC(C)(C)C(=O)OCCOC)C(=O)OCCOCCNC(=O)OC(C)(C)C)C(=O)OCCSSc1ccccn1. The first kappa shape index (κ1) is 130. The van der Waals surface area contributed by atoms with E-state index in [4.69, 9.17) is 123 Å². The summed E-state index contributed by atoms with van der Waals surface area (Å²) in [5.41, 5.74) is -8.47. The van der Waals surface area contributed by atoms with Crippen molar-refractivity contribution in [3.8, 4) is 0 Å². The van der Waals surface area contributed by atoms with Gasteiger partial charge in [-0.05, 0) is 156 Å². The summed E-state index contributed by atoms with van der Waals surface area (Å²) in [6, 6.07) is 5.56. The number of ketones is 1. The first-order valence-corrected chi connectivity index (χ1v) is 51.2. The maximum absolute atomic E-state index is 14.6. The number of amides is 1. The number of aliphatic carboxylic acids is 2. The third-order valence-electron chi connectivity index (χ3n) is 20.2. The van der Waals surface area contributed by atoms with Crippen molar-refractivity contribution in [2.45, 2.75) is 214 Å². The second-order valence-corrected chi connectivity index (χ2v) is 41.3. The van der Waals surface area contributed by atoms with Crippen LogP contribution < -0.4 is 5.32 Å². The van der Waals surface area contributed by atoms with Crippen molar-refractivity contribution in [2.75, 3.05) is 270 Å². The Balaban J connectivity index is 0.00000416. The number of aromatic nitrogens is 1. The topological polar surface area (TPSA) is 420 Å². The molecular formula is C94H164N4O32S5. The number of unbranched alkanes of at least 4 members (excludes halogenated alkanes) is 1. The second kappa shape index (κ2) is 78.3. The van der Waals surface area contributed by atoms with Gasteiger partial charge in [-0.3, -0.25) is 38.4 Å². The fourth-order valence-corrected chi connectivity index (χ4v) is 18.5. The molecule has 0 aromatic carbocycles. The van der Waals surface area contributed by atoms with Gasteiger partial charge in [0.25, 0.3) is 0 Å². The van der Waals surface area contributed by atoms with E-state index in [0.717, 1.165) is 29.0 Å². The monoisotopic (exact) mass is 2020 g/mol. The summed E-state index contributed by atoms with van der Waals surface area (Å²) in [6.45, 7) is 45.0. The van der Waals surface area contributed by atoms with E-state index in [1.165, 1.54) is 40.5 Å². The zero-order chi connectivity index (χ0) is 101. The number of carbonyl (C=O) groups excluding carboxylic acids is 7. The predicted molar refractivity (Wildman–Crippen MR) is 522 cm³/mol. The normalized spacial score (nSPS) is 14.3. The van der Waals surface area contributed by atoms with Crippen LogP contribution in [0.5, 0.6) is 0 Å². The summed E-state index contributed by atoms with van der Waals surface area (Å²) in [5, 5.41) is 22.4. The summed E-state index contributed by atoms with van der Waals surface area (Å²) in [7, 11) is 8.15. The van der Waals surface area contributed by atoms with E-state index in [1.54, 1.807) is 75.4 Å². The third-order valence-corrected chi connectivity index (χ3v) is 25.2. The number of nitrogens with zero attached hydrogens (tertiary/aromatic N) is 3. The molecule has 135 heavy (non-hydrogen) atoms. The number of alkyl carbamates (subject to hydrolysis) is 1. The summed E-state index contributed by atoms with van der Waals surface area (Å²) in [5.74, 6) is -3.66. The van der Waals surface area contributed by atoms with Gasteiger partial charge in [0.15, 0.2) is 0 Å². The molecule has 0 saturated heterocycles. The highest BCUT2D eigenvalue weighted by Gasteiger charge is 2.56. The highest BCUT2D eigenvalue weighted by atomic mass is 33.1. The molecule has 0 bridgehead atoms. The first-order valence-electron chi connectivity index (χ1n) is 46.7. The van der Waals surface area contributed by atoms with Crippen LogP contribution in [0.15, 0.2) is 29.4 Å². The van der Waals surface area contributed by atoms with Crippen LogP contribution in [0.4, 0.5) is 4.79 Å². The molecule has 6 unspecified atom stereocenters. The van der Waals surface area contributed by atoms with Crippen molar-refractivity contribution < 1.29 is 153 Å². The number of Topliss-reactive ketones (excluding diaryl/α,β-unsaturated/α-hetero) is 1. The molecule has 36 nitrogen and oxygen atoms in total. The van der Waals surface area contributed by atoms with Crippen LogP contribution in [-0.2, 0) is 138 Å². The zero-order valence-corrected chi connectivity index (χ0v) is 87.9. The Morgan fingerprint density at radius 1 is 0.459 bits per heavy atom. The van der Waals surface area contributed by atoms with Crippen LogP contribution in [0.1, 0.15) is 193 Å². The molecular weight excluding hydrogens is 1860 g/mol. The van der Waals surface area contributed by atoms with Crippen LogP contribution in [0.3, 0.4) is 0 Å². The minimum atomic E-state index is -1.54. The van der Waals surface area contributed by atoms with E-state index in [9.17, 15) is 48.3 Å². The predicted octanol–water partition coefficient (Wildman–Crippen LogP) is 13.4. The molecule has 1 aromatic heterocycles. The zero-order valence-electron chi connectivity index (χ0n) is 83.8. The van der Waals surface area contributed by atoms with Crippen LogP contribution in [0, 0.1) is 33.6 Å². The first-order chi connectivity index (χ1) is 64.2. The molecule has 1 rings (SSSR count). The van der Waals surface area contributed by atoms with Gasteiger partial charge in [0, 0.05) is 71.4 Å². The minimum absolute atomic E-state index is 0.00375. The van der Waals surface area contributed by atoms with Gasteiger partial charge in [0.05, 0.1) is 225 Å². The van der Waals surface area contributed by atoms with E-state index in [1.807, 2.05) is 64.9 Å². The van der Waals surface area contributed by atoms with E-state index >= 15 is 0 Å². The molecule has 0 aliphatic rings. The molecule has 0 aliphatic carbocycles. The molecule has 3 N–H and O–H groups in total. The molecule has 782 valence electrons. The molecule has 41 heteroatoms. The lowest BCUT2D eigenvalue weighted by molar-refractivity contribution is -0.171. The number of likely N-dealkylation sites (N-methyl/N-ethyl adjacent to an activating group) is 1. The molecule has 0 radical (unpaired) electrons. The number of ether oxygens (including phenoxy) is 21. The lowest BCUT2D eigenvalue weighted by atomic mass is 9.62. The highest BCUT2D eigenvalue weighted by molar-refractivity contribution is 8.76.